The Balaban J connectivity index is 1.86. The van der Waals surface area contributed by atoms with Crippen molar-refractivity contribution in [3.05, 3.63) is 12.4 Å². The molecule has 0 aliphatic carbocycles. The lowest BCUT2D eigenvalue weighted by Crippen LogP contribution is -2.37. The summed E-state index contributed by atoms with van der Waals surface area (Å²) in [5.41, 5.74) is 0. The number of rotatable bonds is 32. The van der Waals surface area contributed by atoms with Gasteiger partial charge in [0.15, 0.2) is 0 Å². The van der Waals surface area contributed by atoms with Crippen LogP contribution in [0.1, 0.15) is 213 Å². The maximum Gasteiger partial charge on any atom is 0.100 e. The molecule has 1 heterocycles. The van der Waals surface area contributed by atoms with Crippen molar-refractivity contribution in [2.45, 2.75) is 219 Å². The van der Waals surface area contributed by atoms with E-state index in [1.54, 1.807) is 0 Å². The summed E-state index contributed by atoms with van der Waals surface area (Å²) in [6.07, 6.45) is 50.1. The molecule has 0 fully saturated rings. The number of unbranched alkanes of at least 4 members (excludes halogenated alkanes) is 28. The van der Waals surface area contributed by atoms with Crippen LogP contribution in [0.4, 0.5) is 0 Å². The molecule has 0 saturated heterocycles. The summed E-state index contributed by atoms with van der Waals surface area (Å²) in [4.78, 5) is 5.08. The van der Waals surface area contributed by atoms with Crippen LogP contribution < -0.4 is 0 Å². The first-order valence-corrected chi connectivity index (χ1v) is 19.0. The molecule has 0 bridgehead atoms. The highest BCUT2D eigenvalue weighted by molar-refractivity contribution is 4.95. The van der Waals surface area contributed by atoms with Gasteiger partial charge < -0.3 is 9.80 Å². The van der Waals surface area contributed by atoms with Crippen molar-refractivity contribution in [1.82, 2.24) is 9.80 Å². The summed E-state index contributed by atoms with van der Waals surface area (Å²) in [5, 5.41) is 0. The van der Waals surface area contributed by atoms with Gasteiger partial charge in [-0.3, -0.25) is 0 Å². The Morgan fingerprint density at radius 2 is 0.675 bits per heavy atom. The molecule has 0 aromatic rings. The van der Waals surface area contributed by atoms with Crippen LogP contribution in [0.3, 0.4) is 0 Å². The Morgan fingerprint density at radius 3 is 1.02 bits per heavy atom. The van der Waals surface area contributed by atoms with Gasteiger partial charge >= 0.3 is 0 Å². The molecule has 0 spiro atoms. The fourth-order valence-corrected chi connectivity index (χ4v) is 6.58. The van der Waals surface area contributed by atoms with Gasteiger partial charge in [-0.2, -0.15) is 0 Å². The van der Waals surface area contributed by atoms with Crippen molar-refractivity contribution in [1.29, 1.82) is 0 Å². The maximum atomic E-state index is 2.63. The van der Waals surface area contributed by atoms with Gasteiger partial charge in [0.2, 0.25) is 0 Å². The zero-order valence-electron chi connectivity index (χ0n) is 28.3. The standard InChI is InChI=1S/C38H76N2/c1-4-6-8-10-12-14-16-18-20-22-24-26-28-30-32-34-38-39(3)36-37-40(38)35-33-31-29-27-25-23-21-19-17-15-13-11-9-7-5-2/h36-38H,4-35H2,1-3H3. The summed E-state index contributed by atoms with van der Waals surface area (Å²) in [6.45, 7) is 5.87. The lowest BCUT2D eigenvalue weighted by molar-refractivity contribution is 0.159. The van der Waals surface area contributed by atoms with E-state index in [4.69, 9.17) is 0 Å². The fraction of sp³-hybridized carbons (Fsp3) is 0.947. The second-order valence-corrected chi connectivity index (χ2v) is 13.4. The molecule has 2 heteroatoms. The predicted octanol–water partition coefficient (Wildman–Crippen LogP) is 13.2. The number of hydrogen-bond acceptors (Lipinski definition) is 2. The molecule has 1 aliphatic rings. The van der Waals surface area contributed by atoms with E-state index in [0.29, 0.717) is 6.17 Å². The molecule has 0 amide bonds. The van der Waals surface area contributed by atoms with Gasteiger partial charge in [0.25, 0.3) is 0 Å². The lowest BCUT2D eigenvalue weighted by atomic mass is 10.0. The molecular formula is C38H76N2. The third-order valence-corrected chi connectivity index (χ3v) is 9.43. The largest absolute Gasteiger partial charge is 0.359 e. The van der Waals surface area contributed by atoms with Crippen LogP contribution in [0.2, 0.25) is 0 Å². The molecule has 0 N–H and O–H groups in total. The van der Waals surface area contributed by atoms with Crippen molar-refractivity contribution >= 4 is 0 Å². The first-order valence-electron chi connectivity index (χ1n) is 19.0. The molecule has 0 aromatic carbocycles. The summed E-state index contributed by atoms with van der Waals surface area (Å²) in [7, 11) is 2.28. The highest BCUT2D eigenvalue weighted by atomic mass is 15.4. The normalized spacial score (nSPS) is 15.1. The molecule has 2 nitrogen and oxygen atoms in total. The van der Waals surface area contributed by atoms with Gasteiger partial charge in [0, 0.05) is 26.0 Å². The zero-order chi connectivity index (χ0) is 28.8. The first-order chi connectivity index (χ1) is 19.8. The Bertz CT molecular complexity index is 516. The summed E-state index contributed by atoms with van der Waals surface area (Å²) in [5.74, 6) is 0. The molecular weight excluding hydrogens is 484 g/mol. The van der Waals surface area contributed by atoms with Crippen LogP contribution in [0.5, 0.6) is 0 Å². The van der Waals surface area contributed by atoms with E-state index in [1.165, 1.54) is 206 Å². The van der Waals surface area contributed by atoms with E-state index in [0.717, 1.165) is 0 Å². The molecule has 0 aromatic heterocycles. The highest BCUT2D eigenvalue weighted by Gasteiger charge is 2.22. The van der Waals surface area contributed by atoms with Crippen molar-refractivity contribution in [3.63, 3.8) is 0 Å². The van der Waals surface area contributed by atoms with Crippen LogP contribution in [0, 0.1) is 0 Å². The van der Waals surface area contributed by atoms with Crippen molar-refractivity contribution in [2.75, 3.05) is 13.6 Å². The Labute approximate surface area is 254 Å². The van der Waals surface area contributed by atoms with E-state index in [-0.39, 0.29) is 0 Å². The Hall–Kier alpha value is -0.660. The minimum Gasteiger partial charge on any atom is -0.359 e. The minimum atomic E-state index is 0.619. The number of hydrogen-bond donors (Lipinski definition) is 0. The minimum absolute atomic E-state index is 0.619. The lowest BCUT2D eigenvalue weighted by Gasteiger charge is -2.30. The maximum absolute atomic E-state index is 2.63. The molecule has 1 unspecified atom stereocenters. The van der Waals surface area contributed by atoms with Crippen molar-refractivity contribution in [2.24, 2.45) is 0 Å². The van der Waals surface area contributed by atoms with Crippen LogP contribution >= 0.6 is 0 Å². The quantitative estimate of drug-likeness (QED) is 0.0755. The predicted molar refractivity (Wildman–Crippen MR) is 182 cm³/mol. The average molecular weight is 561 g/mol. The summed E-state index contributed by atoms with van der Waals surface area (Å²) >= 11 is 0. The van der Waals surface area contributed by atoms with Crippen LogP contribution in [0.25, 0.3) is 0 Å². The molecule has 238 valence electrons. The van der Waals surface area contributed by atoms with Crippen molar-refractivity contribution < 1.29 is 0 Å². The van der Waals surface area contributed by atoms with Gasteiger partial charge in [-0.15, -0.1) is 0 Å². The molecule has 1 atom stereocenters. The molecule has 0 saturated carbocycles. The monoisotopic (exact) mass is 561 g/mol. The van der Waals surface area contributed by atoms with Gasteiger partial charge in [-0.1, -0.05) is 194 Å². The van der Waals surface area contributed by atoms with Crippen LogP contribution in [-0.2, 0) is 0 Å². The molecule has 1 aliphatic heterocycles. The second kappa shape index (κ2) is 29.8. The zero-order valence-corrected chi connectivity index (χ0v) is 28.3. The van der Waals surface area contributed by atoms with E-state index in [2.05, 4.69) is 43.1 Å². The van der Waals surface area contributed by atoms with Gasteiger partial charge in [0.1, 0.15) is 6.17 Å². The summed E-state index contributed by atoms with van der Waals surface area (Å²) < 4.78 is 0. The van der Waals surface area contributed by atoms with Gasteiger partial charge in [0.05, 0.1) is 0 Å². The number of nitrogens with zero attached hydrogens (tertiary/aromatic N) is 2. The Morgan fingerprint density at radius 1 is 0.375 bits per heavy atom. The third-order valence-electron chi connectivity index (χ3n) is 9.43. The van der Waals surface area contributed by atoms with E-state index >= 15 is 0 Å². The van der Waals surface area contributed by atoms with Crippen LogP contribution in [0.15, 0.2) is 12.4 Å². The molecule has 40 heavy (non-hydrogen) atoms. The highest BCUT2D eigenvalue weighted by Crippen LogP contribution is 2.22. The van der Waals surface area contributed by atoms with E-state index < -0.39 is 0 Å². The summed E-state index contributed by atoms with van der Waals surface area (Å²) in [6, 6.07) is 0. The fourth-order valence-electron chi connectivity index (χ4n) is 6.58. The van der Waals surface area contributed by atoms with Crippen molar-refractivity contribution in [3.8, 4) is 0 Å². The second-order valence-electron chi connectivity index (χ2n) is 13.4. The van der Waals surface area contributed by atoms with Crippen LogP contribution in [-0.4, -0.2) is 29.6 Å². The first kappa shape index (κ1) is 37.4. The average Bonchev–Trinajstić information content (AvgIpc) is 3.31. The molecule has 1 rings (SSSR count). The smallest absolute Gasteiger partial charge is 0.100 e. The SMILES string of the molecule is CCCCCCCCCCCCCCCCCC1N(C)C=CN1CCCCCCCCCCCCCCCCC. The third kappa shape index (κ3) is 23.0. The topological polar surface area (TPSA) is 6.48 Å². The van der Waals surface area contributed by atoms with Gasteiger partial charge in [-0.05, 0) is 19.3 Å². The molecule has 0 radical (unpaired) electrons. The van der Waals surface area contributed by atoms with E-state index in [9.17, 15) is 0 Å². The van der Waals surface area contributed by atoms with E-state index in [1.807, 2.05) is 0 Å². The van der Waals surface area contributed by atoms with Gasteiger partial charge in [-0.25, -0.2) is 0 Å². The Kier molecular flexibility index (Phi) is 27.9.